The molecule has 0 saturated heterocycles. The molecule has 0 spiro atoms. The van der Waals surface area contributed by atoms with Crippen molar-refractivity contribution in [2.24, 2.45) is 12.8 Å². The fourth-order valence-electron chi connectivity index (χ4n) is 2.74. The number of primary amides is 1. The van der Waals surface area contributed by atoms with Crippen molar-refractivity contribution in [3.8, 4) is 11.5 Å². The lowest BCUT2D eigenvalue weighted by Gasteiger charge is -2.11. The first-order chi connectivity index (χ1) is 12.5. The molecule has 3 aromatic rings. The Morgan fingerprint density at radius 1 is 1.31 bits per heavy atom. The number of hydrogen-bond donors (Lipinski definition) is 2. The van der Waals surface area contributed by atoms with Gasteiger partial charge in [0.25, 0.3) is 0 Å². The molecular formula is C19H21N3O3S. The zero-order chi connectivity index (χ0) is 18.7. The number of aromatic hydroxyl groups is 1. The average Bonchev–Trinajstić information content (AvgIpc) is 2.94. The van der Waals surface area contributed by atoms with Crippen LogP contribution in [0, 0.1) is 0 Å². The Bertz CT molecular complexity index is 922. The van der Waals surface area contributed by atoms with Gasteiger partial charge in [-0.2, -0.15) is 11.8 Å². The minimum absolute atomic E-state index is 0.211. The third kappa shape index (κ3) is 3.94. The van der Waals surface area contributed by atoms with Crippen molar-refractivity contribution in [3.63, 3.8) is 0 Å². The van der Waals surface area contributed by atoms with Gasteiger partial charge in [0.15, 0.2) is 0 Å². The van der Waals surface area contributed by atoms with Gasteiger partial charge in [0.1, 0.15) is 23.9 Å². The highest BCUT2D eigenvalue weighted by Gasteiger charge is 2.14. The van der Waals surface area contributed by atoms with E-state index in [1.165, 1.54) is 11.8 Å². The molecule has 0 radical (unpaired) electrons. The van der Waals surface area contributed by atoms with Crippen molar-refractivity contribution in [1.82, 2.24) is 9.55 Å². The number of hydrogen-bond acceptors (Lipinski definition) is 5. The molecular weight excluding hydrogens is 350 g/mol. The molecule has 1 unspecified atom stereocenters. The van der Waals surface area contributed by atoms with E-state index in [1.54, 1.807) is 18.2 Å². The Kier molecular flexibility index (Phi) is 5.37. The van der Waals surface area contributed by atoms with Crippen LogP contribution in [0.4, 0.5) is 0 Å². The highest BCUT2D eigenvalue weighted by molar-refractivity contribution is 7.99. The number of rotatable bonds is 7. The lowest BCUT2D eigenvalue weighted by Crippen LogP contribution is -2.27. The normalized spacial score (nSPS) is 12.2. The summed E-state index contributed by atoms with van der Waals surface area (Å²) in [5, 5.41) is 9.39. The van der Waals surface area contributed by atoms with Crippen molar-refractivity contribution >= 4 is 28.7 Å². The monoisotopic (exact) mass is 371 g/mol. The Morgan fingerprint density at radius 3 is 2.69 bits per heavy atom. The summed E-state index contributed by atoms with van der Waals surface area (Å²) in [7, 11) is 1.89. The highest BCUT2D eigenvalue weighted by atomic mass is 32.2. The summed E-state index contributed by atoms with van der Waals surface area (Å²) in [6.07, 6.45) is 2.48. The second kappa shape index (κ2) is 7.70. The van der Waals surface area contributed by atoms with Gasteiger partial charge in [0, 0.05) is 13.1 Å². The van der Waals surface area contributed by atoms with E-state index in [2.05, 4.69) is 4.98 Å². The van der Waals surface area contributed by atoms with E-state index in [0.717, 1.165) is 28.2 Å². The third-order valence-electron chi connectivity index (χ3n) is 4.27. The van der Waals surface area contributed by atoms with Crippen molar-refractivity contribution in [1.29, 1.82) is 0 Å². The summed E-state index contributed by atoms with van der Waals surface area (Å²) in [5.74, 6) is 1.41. The van der Waals surface area contributed by atoms with Gasteiger partial charge in [-0.1, -0.05) is 12.1 Å². The quantitative estimate of drug-likeness (QED) is 0.666. The molecule has 0 saturated carbocycles. The number of aryl methyl sites for hydroxylation is 1. The van der Waals surface area contributed by atoms with Crippen molar-refractivity contribution in [2.45, 2.75) is 18.3 Å². The molecule has 0 aliphatic heterocycles. The fourth-order valence-corrected chi connectivity index (χ4v) is 3.33. The van der Waals surface area contributed by atoms with E-state index in [-0.39, 0.29) is 16.9 Å². The molecule has 0 aliphatic rings. The lowest BCUT2D eigenvalue weighted by atomic mass is 10.1. The van der Waals surface area contributed by atoms with Crippen molar-refractivity contribution < 1.29 is 14.6 Å². The van der Waals surface area contributed by atoms with Crippen LogP contribution in [0.15, 0.2) is 42.5 Å². The maximum atomic E-state index is 11.3. The predicted octanol–water partition coefficient (Wildman–Crippen LogP) is 2.62. The van der Waals surface area contributed by atoms with Crippen molar-refractivity contribution in [2.75, 3.05) is 6.26 Å². The minimum Gasteiger partial charge on any atom is -0.508 e. The smallest absolute Gasteiger partial charge is 0.230 e. The molecule has 1 heterocycles. The number of nitrogens with zero attached hydrogens (tertiary/aromatic N) is 2. The van der Waals surface area contributed by atoms with E-state index < -0.39 is 0 Å². The molecule has 1 atom stereocenters. The van der Waals surface area contributed by atoms with Crippen molar-refractivity contribution in [3.05, 3.63) is 53.9 Å². The Hall–Kier alpha value is -2.67. The van der Waals surface area contributed by atoms with E-state index in [4.69, 9.17) is 10.5 Å². The number of ether oxygens (including phenoxy) is 1. The number of carbonyl (C=O) groups is 1. The topological polar surface area (TPSA) is 90.4 Å². The number of phenolic OH excluding ortho intramolecular Hbond substituents is 1. The van der Waals surface area contributed by atoms with Crippen LogP contribution in [0.3, 0.4) is 0 Å². The van der Waals surface area contributed by atoms with E-state index in [1.807, 2.05) is 42.1 Å². The summed E-state index contributed by atoms with van der Waals surface area (Å²) in [4.78, 5) is 15.9. The van der Waals surface area contributed by atoms with E-state index in [0.29, 0.717) is 13.0 Å². The number of nitrogens with two attached hydrogens (primary N) is 1. The summed E-state index contributed by atoms with van der Waals surface area (Å²) in [6, 6.07) is 12.7. The SMILES string of the molecule is CSC(Cc1ccc(OCc2nc3ccc(O)cc3n2C)cc1)C(N)=O. The first-order valence-corrected chi connectivity index (χ1v) is 9.45. The summed E-state index contributed by atoms with van der Waals surface area (Å²) < 4.78 is 7.73. The van der Waals surface area contributed by atoms with Gasteiger partial charge >= 0.3 is 0 Å². The number of amides is 1. The molecule has 6 nitrogen and oxygen atoms in total. The zero-order valence-corrected chi connectivity index (χ0v) is 15.5. The fraction of sp³-hybridized carbons (Fsp3) is 0.263. The van der Waals surface area contributed by atoms with Crippen LogP contribution in [0.25, 0.3) is 11.0 Å². The Morgan fingerprint density at radius 2 is 2.04 bits per heavy atom. The van der Waals surface area contributed by atoms with Gasteiger partial charge in [-0.05, 0) is 42.5 Å². The molecule has 136 valence electrons. The van der Waals surface area contributed by atoms with E-state index >= 15 is 0 Å². The number of benzene rings is 2. The molecule has 0 bridgehead atoms. The van der Waals surface area contributed by atoms with Gasteiger partial charge in [-0.15, -0.1) is 0 Å². The van der Waals surface area contributed by atoms with Crippen LogP contribution in [0.2, 0.25) is 0 Å². The van der Waals surface area contributed by atoms with Crippen LogP contribution in [-0.4, -0.2) is 32.1 Å². The molecule has 2 aromatic carbocycles. The maximum absolute atomic E-state index is 11.3. The number of phenols is 1. The van der Waals surface area contributed by atoms with Crippen LogP contribution >= 0.6 is 11.8 Å². The standard InChI is InChI=1S/C19H21N3O3S/c1-22-16-10-13(23)5-8-15(16)21-18(22)11-25-14-6-3-12(4-7-14)9-17(26-2)19(20)24/h3-8,10,17,23H,9,11H2,1-2H3,(H2,20,24). The second-order valence-electron chi connectivity index (χ2n) is 6.02. The zero-order valence-electron chi connectivity index (χ0n) is 14.7. The second-order valence-corrected chi connectivity index (χ2v) is 7.06. The van der Waals surface area contributed by atoms with Gasteiger partial charge in [0.05, 0.1) is 16.3 Å². The molecule has 3 rings (SSSR count). The van der Waals surface area contributed by atoms with Crippen LogP contribution < -0.4 is 10.5 Å². The largest absolute Gasteiger partial charge is 0.508 e. The predicted molar refractivity (Wildman–Crippen MR) is 103 cm³/mol. The molecule has 7 heteroatoms. The summed E-state index contributed by atoms with van der Waals surface area (Å²) in [6.45, 7) is 0.319. The third-order valence-corrected chi connectivity index (χ3v) is 5.24. The first kappa shape index (κ1) is 18.1. The van der Waals surface area contributed by atoms with Crippen LogP contribution in [-0.2, 0) is 24.9 Å². The number of thioether (sulfide) groups is 1. The molecule has 0 aliphatic carbocycles. The highest BCUT2D eigenvalue weighted by Crippen LogP contribution is 2.22. The van der Waals surface area contributed by atoms with Gasteiger partial charge < -0.3 is 20.1 Å². The maximum Gasteiger partial charge on any atom is 0.230 e. The molecule has 0 fully saturated rings. The van der Waals surface area contributed by atoms with Gasteiger partial charge in [0.2, 0.25) is 5.91 Å². The molecule has 1 aromatic heterocycles. The van der Waals surface area contributed by atoms with E-state index in [9.17, 15) is 9.90 Å². The summed E-state index contributed by atoms with van der Waals surface area (Å²) in [5.41, 5.74) is 8.09. The number of imidazole rings is 1. The Balaban J connectivity index is 1.67. The van der Waals surface area contributed by atoms with Crippen LogP contribution in [0.5, 0.6) is 11.5 Å². The van der Waals surface area contributed by atoms with Gasteiger partial charge in [-0.3, -0.25) is 4.79 Å². The molecule has 26 heavy (non-hydrogen) atoms. The first-order valence-electron chi connectivity index (χ1n) is 8.16. The molecule has 1 amide bonds. The average molecular weight is 371 g/mol. The van der Waals surface area contributed by atoms with Gasteiger partial charge in [-0.25, -0.2) is 4.98 Å². The van der Waals surface area contributed by atoms with Crippen LogP contribution in [0.1, 0.15) is 11.4 Å². The summed E-state index contributed by atoms with van der Waals surface area (Å²) >= 11 is 1.45. The molecule has 3 N–H and O–H groups in total. The number of carbonyl (C=O) groups excluding carboxylic acids is 1. The Labute approximate surface area is 156 Å². The lowest BCUT2D eigenvalue weighted by molar-refractivity contribution is -0.117. The minimum atomic E-state index is -0.300. The number of aromatic nitrogens is 2. The number of fused-ring (bicyclic) bond motifs is 1.